The Morgan fingerprint density at radius 2 is 1.76 bits per heavy atom. The van der Waals surface area contributed by atoms with Crippen molar-refractivity contribution in [1.82, 2.24) is 0 Å². The second-order valence-corrected chi connectivity index (χ2v) is 6.08. The summed E-state index contributed by atoms with van der Waals surface area (Å²) in [5.74, 6) is -4.32. The lowest BCUT2D eigenvalue weighted by atomic mass is 9.84. The Hall–Kier alpha value is -0.550. The second-order valence-electron chi connectivity index (χ2n) is 4.99. The molecule has 1 aliphatic rings. The molecule has 0 bridgehead atoms. The molecule has 17 heavy (non-hydrogen) atoms. The summed E-state index contributed by atoms with van der Waals surface area (Å²) in [5, 5.41) is 9.65. The quantitative estimate of drug-likeness (QED) is 0.726. The highest BCUT2D eigenvalue weighted by Gasteiger charge is 2.69. The van der Waals surface area contributed by atoms with Crippen molar-refractivity contribution >= 4 is 15.9 Å². The Morgan fingerprint density at radius 3 is 2.29 bits per heavy atom. The zero-order valence-corrected chi connectivity index (χ0v) is 11.2. The van der Waals surface area contributed by atoms with Gasteiger partial charge in [-0.2, -0.15) is 0 Å². The first-order valence-corrected chi connectivity index (χ1v) is 5.93. The Labute approximate surface area is 106 Å². The van der Waals surface area contributed by atoms with Gasteiger partial charge >= 0.3 is 0 Å². The smallest absolute Gasteiger partial charge is 0.281 e. The van der Waals surface area contributed by atoms with Gasteiger partial charge in [-0.3, -0.25) is 0 Å². The Balaban J connectivity index is 2.87. The van der Waals surface area contributed by atoms with Crippen LogP contribution in [0.5, 0.6) is 0 Å². The van der Waals surface area contributed by atoms with Gasteiger partial charge < -0.3 is 5.11 Å². The minimum atomic E-state index is -3.39. The van der Waals surface area contributed by atoms with Gasteiger partial charge in [-0.15, -0.1) is 0 Å². The van der Waals surface area contributed by atoms with E-state index in [4.69, 9.17) is 0 Å². The van der Waals surface area contributed by atoms with Crippen molar-refractivity contribution in [2.45, 2.75) is 36.6 Å². The van der Waals surface area contributed by atoms with Crippen molar-refractivity contribution in [2.24, 2.45) is 0 Å². The van der Waals surface area contributed by atoms with Crippen LogP contribution in [-0.4, -0.2) is 9.68 Å². The third-order valence-corrected chi connectivity index (χ3v) is 4.96. The summed E-state index contributed by atoms with van der Waals surface area (Å²) in [6.07, 6.45) is 0. The van der Waals surface area contributed by atoms with Crippen molar-refractivity contribution in [3.8, 4) is 0 Å². The van der Waals surface area contributed by atoms with Crippen molar-refractivity contribution in [1.29, 1.82) is 0 Å². The van der Waals surface area contributed by atoms with Crippen molar-refractivity contribution in [3.05, 3.63) is 34.6 Å². The zero-order chi connectivity index (χ0) is 13.2. The van der Waals surface area contributed by atoms with E-state index in [1.54, 1.807) is 6.92 Å². The van der Waals surface area contributed by atoms with Crippen molar-refractivity contribution in [3.63, 3.8) is 0 Å². The fourth-order valence-corrected chi connectivity index (χ4v) is 2.72. The molecule has 0 aromatic heterocycles. The molecule has 1 N–H and O–H groups in total. The predicted octanol–water partition coefficient (Wildman–Crippen LogP) is 3.60. The van der Waals surface area contributed by atoms with Crippen LogP contribution < -0.4 is 0 Å². The molecule has 2 rings (SSSR count). The van der Waals surface area contributed by atoms with Gasteiger partial charge in [0.25, 0.3) is 5.85 Å². The first-order valence-electron chi connectivity index (χ1n) is 5.13. The van der Waals surface area contributed by atoms with E-state index >= 15 is 0 Å². The maximum absolute atomic E-state index is 14.4. The van der Waals surface area contributed by atoms with E-state index in [0.29, 0.717) is 5.56 Å². The molecule has 0 fully saturated rings. The van der Waals surface area contributed by atoms with Crippen LogP contribution in [0.3, 0.4) is 0 Å². The van der Waals surface area contributed by atoms with E-state index < -0.39 is 27.2 Å². The van der Waals surface area contributed by atoms with Gasteiger partial charge in [-0.1, -0.05) is 19.9 Å². The molecular weight excluding hydrogens is 297 g/mol. The third-order valence-electron chi connectivity index (χ3n) is 3.44. The minimum Gasteiger partial charge on any atom is -0.355 e. The van der Waals surface area contributed by atoms with E-state index in [2.05, 4.69) is 15.9 Å². The zero-order valence-electron chi connectivity index (χ0n) is 9.61. The van der Waals surface area contributed by atoms with Crippen LogP contribution >= 0.6 is 15.9 Å². The molecule has 1 aliphatic carbocycles. The van der Waals surface area contributed by atoms with Crippen molar-refractivity contribution < 1.29 is 18.3 Å². The van der Waals surface area contributed by atoms with E-state index in [-0.39, 0.29) is 5.56 Å². The monoisotopic (exact) mass is 308 g/mol. The molecule has 0 aliphatic heterocycles. The number of fused-ring (bicyclic) bond motifs is 1. The largest absolute Gasteiger partial charge is 0.355 e. The van der Waals surface area contributed by atoms with Crippen LogP contribution in [0.2, 0.25) is 0 Å². The lowest BCUT2D eigenvalue weighted by Gasteiger charge is -2.33. The topological polar surface area (TPSA) is 20.2 Å². The average molecular weight is 309 g/mol. The van der Waals surface area contributed by atoms with Crippen molar-refractivity contribution in [2.75, 3.05) is 0 Å². The molecule has 1 nitrogen and oxygen atoms in total. The number of hydrogen-bond acceptors (Lipinski definition) is 1. The van der Waals surface area contributed by atoms with Gasteiger partial charge in [0, 0.05) is 5.41 Å². The highest BCUT2D eigenvalue weighted by molar-refractivity contribution is 9.10. The molecule has 0 saturated heterocycles. The molecule has 2 atom stereocenters. The number of benzene rings is 1. The molecule has 1 aromatic carbocycles. The molecule has 0 amide bonds. The number of aryl methyl sites for hydroxylation is 1. The van der Waals surface area contributed by atoms with Gasteiger partial charge in [0.05, 0.1) is 5.56 Å². The summed E-state index contributed by atoms with van der Waals surface area (Å²) in [4.78, 5) is 0. The van der Waals surface area contributed by atoms with Crippen LogP contribution in [0.4, 0.5) is 13.2 Å². The summed E-state index contributed by atoms with van der Waals surface area (Å²) >= 11 is 2.57. The molecule has 0 heterocycles. The summed E-state index contributed by atoms with van der Waals surface area (Å²) < 4.78 is 39.5. The normalized spacial score (nSPS) is 34.8. The predicted molar refractivity (Wildman–Crippen MR) is 61.9 cm³/mol. The number of rotatable bonds is 0. The fraction of sp³-hybridized carbons (Fsp3) is 0.500. The first kappa shape index (κ1) is 12.9. The van der Waals surface area contributed by atoms with Gasteiger partial charge in [0.2, 0.25) is 4.58 Å². The Morgan fingerprint density at radius 1 is 1.24 bits per heavy atom. The van der Waals surface area contributed by atoms with E-state index in [1.165, 1.54) is 19.9 Å². The molecule has 1 aromatic rings. The molecule has 5 heteroatoms. The van der Waals surface area contributed by atoms with E-state index in [9.17, 15) is 18.3 Å². The number of halogens is 4. The summed E-state index contributed by atoms with van der Waals surface area (Å²) in [6.45, 7) is 4.46. The average Bonchev–Trinajstić information content (AvgIpc) is 2.23. The molecule has 0 saturated carbocycles. The van der Waals surface area contributed by atoms with Gasteiger partial charge in [0.1, 0.15) is 5.82 Å². The van der Waals surface area contributed by atoms with Gasteiger partial charge in [-0.25, -0.2) is 13.2 Å². The lowest BCUT2D eigenvalue weighted by molar-refractivity contribution is -0.169. The lowest BCUT2D eigenvalue weighted by Crippen LogP contribution is -2.46. The fourth-order valence-electron chi connectivity index (χ4n) is 2.31. The highest BCUT2D eigenvalue weighted by atomic mass is 79.9. The van der Waals surface area contributed by atoms with Crippen LogP contribution in [0.1, 0.15) is 30.5 Å². The van der Waals surface area contributed by atoms with E-state index in [1.807, 2.05) is 0 Å². The standard InChI is InChI=1S/C12H12BrF3O/c1-6-4-7-9(8(14)5-6)11(15,17)12(13,16)10(7,2)3/h4-5,17H,1-3H3. The van der Waals surface area contributed by atoms with Crippen LogP contribution in [0, 0.1) is 12.7 Å². The number of hydrogen-bond donors (Lipinski definition) is 1. The van der Waals surface area contributed by atoms with Crippen LogP contribution in [-0.2, 0) is 11.3 Å². The molecule has 94 valence electrons. The molecular formula is C12H12BrF3O. The SMILES string of the molecule is Cc1cc(F)c2c(c1)C(C)(C)C(F)(Br)C2(O)F. The highest BCUT2D eigenvalue weighted by Crippen LogP contribution is 2.62. The molecule has 0 spiro atoms. The summed E-state index contributed by atoms with van der Waals surface area (Å²) in [6, 6.07) is 2.57. The molecule has 2 unspecified atom stereocenters. The van der Waals surface area contributed by atoms with E-state index in [0.717, 1.165) is 6.07 Å². The second kappa shape index (κ2) is 3.26. The molecule has 0 radical (unpaired) electrons. The number of alkyl halides is 3. The van der Waals surface area contributed by atoms with Gasteiger partial charge in [0.15, 0.2) is 0 Å². The third kappa shape index (κ3) is 1.35. The number of aliphatic hydroxyl groups is 1. The Bertz CT molecular complexity index is 495. The minimum absolute atomic E-state index is 0.138. The summed E-state index contributed by atoms with van der Waals surface area (Å²) in [5.41, 5.74) is -1.30. The van der Waals surface area contributed by atoms with Crippen LogP contribution in [0.25, 0.3) is 0 Å². The maximum Gasteiger partial charge on any atom is 0.281 e. The summed E-state index contributed by atoms with van der Waals surface area (Å²) in [7, 11) is 0. The first-order chi connectivity index (χ1) is 7.53. The maximum atomic E-state index is 14.4. The Kier molecular flexibility index (Phi) is 2.47. The van der Waals surface area contributed by atoms with Gasteiger partial charge in [-0.05, 0) is 40.0 Å². The van der Waals surface area contributed by atoms with Crippen LogP contribution in [0.15, 0.2) is 12.1 Å².